The van der Waals surface area contributed by atoms with Gasteiger partial charge in [-0.1, -0.05) is 23.7 Å². The molecule has 2 aliphatic heterocycles. The van der Waals surface area contributed by atoms with Crippen molar-refractivity contribution in [2.45, 2.75) is 51.8 Å². The fourth-order valence-corrected chi connectivity index (χ4v) is 5.71. The fraction of sp³-hybridized carbons (Fsp3) is 0.385. The maximum absolute atomic E-state index is 6.38. The molecule has 0 unspecified atom stereocenters. The first-order chi connectivity index (χ1) is 15.9. The number of hydrogen-bond donors (Lipinski definition) is 1. The number of ether oxygens (including phenoxy) is 1. The van der Waals surface area contributed by atoms with E-state index in [0.717, 1.165) is 47.5 Å². The second kappa shape index (κ2) is 9.09. The maximum atomic E-state index is 6.38. The second-order valence-electron chi connectivity index (χ2n) is 9.01. The molecule has 2 saturated heterocycles. The van der Waals surface area contributed by atoms with Gasteiger partial charge in [0.1, 0.15) is 0 Å². The van der Waals surface area contributed by atoms with E-state index in [0.29, 0.717) is 0 Å². The number of hydrogen-bond acceptors (Lipinski definition) is 3. The molecule has 0 saturated carbocycles. The van der Waals surface area contributed by atoms with Crippen LogP contribution in [-0.4, -0.2) is 38.8 Å². The van der Waals surface area contributed by atoms with Gasteiger partial charge in [-0.2, -0.15) is 0 Å². The number of rotatable bonds is 5. The minimum Gasteiger partial charge on any atom is -0.376 e. The number of thiocarbonyl (C=S) groups is 1. The van der Waals surface area contributed by atoms with Gasteiger partial charge in [-0.25, -0.2) is 0 Å². The van der Waals surface area contributed by atoms with E-state index < -0.39 is 0 Å². The van der Waals surface area contributed by atoms with Gasteiger partial charge >= 0.3 is 0 Å². The van der Waals surface area contributed by atoms with Gasteiger partial charge in [0.2, 0.25) is 0 Å². The zero-order valence-electron chi connectivity index (χ0n) is 19.2. The Bertz CT molecular complexity index is 1170. The second-order valence-corrected chi connectivity index (χ2v) is 9.83. The lowest BCUT2D eigenvalue weighted by molar-refractivity contribution is 0.0842. The monoisotopic (exact) mass is 480 g/mol. The quantitative estimate of drug-likeness (QED) is 0.481. The van der Waals surface area contributed by atoms with Crippen LogP contribution in [0.15, 0.2) is 48.7 Å². The molecule has 2 aliphatic rings. The average Bonchev–Trinajstić information content (AvgIpc) is 3.50. The van der Waals surface area contributed by atoms with Gasteiger partial charge in [0.05, 0.1) is 23.9 Å². The third-order valence-electron chi connectivity index (χ3n) is 6.82. The molecule has 3 aromatic rings. The Morgan fingerprint density at radius 1 is 1.18 bits per heavy atom. The Balaban J connectivity index is 1.61. The third kappa shape index (κ3) is 4.16. The molecular weight excluding hydrogens is 452 g/mol. The van der Waals surface area contributed by atoms with Gasteiger partial charge < -0.3 is 19.5 Å². The molecule has 172 valence electrons. The highest BCUT2D eigenvalue weighted by Gasteiger charge is 2.42. The first-order valence-electron chi connectivity index (χ1n) is 11.5. The van der Waals surface area contributed by atoms with Crippen LogP contribution in [0.3, 0.4) is 0 Å². The largest absolute Gasteiger partial charge is 0.376 e. The van der Waals surface area contributed by atoms with Gasteiger partial charge in [-0.15, -0.1) is 0 Å². The highest BCUT2D eigenvalue weighted by molar-refractivity contribution is 7.80. The van der Waals surface area contributed by atoms with Crippen LogP contribution in [0.4, 0.5) is 0 Å². The van der Waals surface area contributed by atoms with Crippen LogP contribution in [0.1, 0.15) is 53.1 Å². The first-order valence-corrected chi connectivity index (χ1v) is 12.3. The Labute approximate surface area is 205 Å². The molecule has 0 spiro atoms. The number of pyridine rings is 1. The number of halogens is 1. The molecule has 7 heteroatoms. The third-order valence-corrected chi connectivity index (χ3v) is 7.41. The van der Waals surface area contributed by atoms with E-state index in [1.54, 1.807) is 0 Å². The SMILES string of the molecule is Cc1ccc(Cl)cc1-n1c(C)cc([C@H]2[C@H](c3ccccn3)NC(=S)N2C[C@@H]2CCCO2)c1C. The van der Waals surface area contributed by atoms with E-state index in [-0.39, 0.29) is 18.2 Å². The van der Waals surface area contributed by atoms with Crippen LogP contribution >= 0.6 is 23.8 Å². The summed E-state index contributed by atoms with van der Waals surface area (Å²) in [6.45, 7) is 8.06. The van der Waals surface area contributed by atoms with Crippen LogP contribution in [0.2, 0.25) is 5.02 Å². The van der Waals surface area contributed by atoms with Crippen LogP contribution < -0.4 is 5.32 Å². The molecular formula is C26H29ClN4OS. The minimum absolute atomic E-state index is 0.0241. The van der Waals surface area contributed by atoms with Crippen LogP contribution in [-0.2, 0) is 4.74 Å². The molecule has 0 bridgehead atoms. The number of nitrogens with one attached hydrogen (secondary N) is 1. The van der Waals surface area contributed by atoms with Crippen molar-refractivity contribution in [3.8, 4) is 5.69 Å². The number of nitrogens with zero attached hydrogens (tertiary/aromatic N) is 3. The van der Waals surface area contributed by atoms with Crippen LogP contribution in [0, 0.1) is 20.8 Å². The Morgan fingerprint density at radius 2 is 2.03 bits per heavy atom. The molecule has 1 N–H and O–H groups in total. The molecule has 5 nitrogen and oxygen atoms in total. The van der Waals surface area contributed by atoms with E-state index in [1.165, 1.54) is 22.5 Å². The van der Waals surface area contributed by atoms with Crippen LogP contribution in [0.5, 0.6) is 0 Å². The minimum atomic E-state index is -0.0329. The van der Waals surface area contributed by atoms with E-state index in [9.17, 15) is 0 Å². The highest BCUT2D eigenvalue weighted by atomic mass is 35.5. The first kappa shape index (κ1) is 22.4. The van der Waals surface area contributed by atoms with Crippen molar-refractivity contribution in [1.29, 1.82) is 0 Å². The zero-order valence-corrected chi connectivity index (χ0v) is 20.8. The predicted molar refractivity (Wildman–Crippen MR) is 136 cm³/mol. The summed E-state index contributed by atoms with van der Waals surface area (Å²) >= 11 is 12.2. The summed E-state index contributed by atoms with van der Waals surface area (Å²) < 4.78 is 8.28. The molecule has 1 aromatic carbocycles. The molecule has 2 fully saturated rings. The lowest BCUT2D eigenvalue weighted by Gasteiger charge is -2.30. The number of aromatic nitrogens is 2. The summed E-state index contributed by atoms with van der Waals surface area (Å²) in [6.07, 6.45) is 4.22. The summed E-state index contributed by atoms with van der Waals surface area (Å²) in [7, 11) is 0. The summed E-state index contributed by atoms with van der Waals surface area (Å²) in [4.78, 5) is 6.98. The average molecular weight is 481 g/mol. The van der Waals surface area contributed by atoms with Crippen molar-refractivity contribution < 1.29 is 4.74 Å². The molecule has 0 amide bonds. The van der Waals surface area contributed by atoms with Gasteiger partial charge in [-0.3, -0.25) is 4.98 Å². The summed E-state index contributed by atoms with van der Waals surface area (Å²) in [5, 5.41) is 5.06. The molecule has 4 heterocycles. The van der Waals surface area contributed by atoms with E-state index in [2.05, 4.69) is 58.7 Å². The normalized spacial score (nSPS) is 22.7. The van der Waals surface area contributed by atoms with Crippen molar-refractivity contribution in [2.75, 3.05) is 13.2 Å². The Morgan fingerprint density at radius 3 is 2.76 bits per heavy atom. The molecule has 0 radical (unpaired) electrons. The van der Waals surface area contributed by atoms with Gasteiger partial charge in [-0.05, 0) is 87.3 Å². The summed E-state index contributed by atoms with van der Waals surface area (Å²) in [5.74, 6) is 0. The Hall–Kier alpha value is -2.41. The number of aryl methyl sites for hydroxylation is 2. The van der Waals surface area contributed by atoms with Gasteiger partial charge in [0, 0.05) is 41.4 Å². The molecule has 33 heavy (non-hydrogen) atoms. The zero-order chi connectivity index (χ0) is 23.1. The van der Waals surface area contributed by atoms with E-state index in [4.69, 9.17) is 28.6 Å². The van der Waals surface area contributed by atoms with Crippen LogP contribution in [0.25, 0.3) is 5.69 Å². The van der Waals surface area contributed by atoms with Crippen molar-refractivity contribution in [3.63, 3.8) is 0 Å². The van der Waals surface area contributed by atoms with Gasteiger partial charge in [0.15, 0.2) is 5.11 Å². The fourth-order valence-electron chi connectivity index (χ4n) is 5.23. The molecule has 0 aliphatic carbocycles. The predicted octanol–water partition coefficient (Wildman–Crippen LogP) is 5.60. The van der Waals surface area contributed by atoms with Crippen molar-refractivity contribution in [2.24, 2.45) is 0 Å². The maximum Gasteiger partial charge on any atom is 0.170 e. The smallest absolute Gasteiger partial charge is 0.170 e. The molecule has 5 rings (SSSR count). The van der Waals surface area contributed by atoms with E-state index in [1.807, 2.05) is 30.5 Å². The van der Waals surface area contributed by atoms with Crippen molar-refractivity contribution >= 4 is 28.9 Å². The topological polar surface area (TPSA) is 42.3 Å². The highest BCUT2D eigenvalue weighted by Crippen LogP contribution is 2.42. The lowest BCUT2D eigenvalue weighted by atomic mass is 9.96. The van der Waals surface area contributed by atoms with Gasteiger partial charge in [0.25, 0.3) is 0 Å². The summed E-state index contributed by atoms with van der Waals surface area (Å²) in [5.41, 5.74) is 6.88. The van der Waals surface area contributed by atoms with E-state index >= 15 is 0 Å². The standard InChI is InChI=1S/C26H29ClN4OS/c1-16-9-10-19(27)14-23(16)31-17(2)13-21(18(31)3)25-24(22-8-4-5-11-28-22)29-26(33)30(25)15-20-7-6-12-32-20/h4-5,8-11,13-14,20,24-25H,6-7,12,15H2,1-3H3,(H,29,33)/t20-,24-,25-/m0/s1. The molecule has 2 aromatic heterocycles. The van der Waals surface area contributed by atoms with Crippen molar-refractivity contribution in [1.82, 2.24) is 19.8 Å². The Kier molecular flexibility index (Phi) is 6.16. The lowest BCUT2D eigenvalue weighted by Crippen LogP contribution is -2.36. The van der Waals surface area contributed by atoms with Crippen molar-refractivity contribution in [3.05, 3.63) is 81.9 Å². The summed E-state index contributed by atoms with van der Waals surface area (Å²) in [6, 6.07) is 14.4. The molecule has 3 atom stereocenters. The number of benzene rings is 1.